The fourth-order valence-electron chi connectivity index (χ4n) is 3.22. The van der Waals surface area contributed by atoms with Crippen molar-refractivity contribution in [1.82, 2.24) is 15.0 Å². The normalized spacial score (nSPS) is 15.1. The average molecular weight is 357 g/mol. The minimum atomic E-state index is 0.0121. The summed E-state index contributed by atoms with van der Waals surface area (Å²) in [5.74, 6) is 3.53. The van der Waals surface area contributed by atoms with E-state index in [1.807, 2.05) is 49.6 Å². The van der Waals surface area contributed by atoms with Crippen LogP contribution in [-0.2, 0) is 0 Å². The highest BCUT2D eigenvalue weighted by Gasteiger charge is 2.25. The van der Waals surface area contributed by atoms with E-state index in [0.717, 1.165) is 41.7 Å². The molecule has 0 spiro atoms. The Balaban J connectivity index is 1.87. The molecule has 3 aromatic heterocycles. The largest absolute Gasteiger partial charge is 0.466 e. The molecular weight excluding hydrogens is 338 g/mol. The molecule has 0 atom stereocenters. The molecule has 0 aromatic carbocycles. The van der Waals surface area contributed by atoms with Gasteiger partial charge in [-0.15, -0.1) is 0 Å². The van der Waals surface area contributed by atoms with Crippen molar-refractivity contribution in [3.8, 4) is 11.3 Å². The van der Waals surface area contributed by atoms with Crippen LogP contribution in [0.25, 0.3) is 22.4 Å². The molecule has 7 heteroatoms. The third kappa shape index (κ3) is 2.82. The van der Waals surface area contributed by atoms with Crippen molar-refractivity contribution in [2.45, 2.75) is 20.8 Å². The molecule has 0 saturated carbocycles. The number of furan rings is 1. The Kier molecular flexibility index (Phi) is 4.03. The number of hydrogen-bond donors (Lipinski definition) is 0. The monoisotopic (exact) mass is 357 g/mol. The lowest BCUT2D eigenvalue weighted by Crippen LogP contribution is -2.38. The number of nitrogens with zero attached hydrogens (tertiary/aromatic N) is 3. The SMILES string of the molecule is Cc1cc(-c2cc(C(=O)N3CCSCC3)c3c(C)noc3n2)c(C)o1. The summed E-state index contributed by atoms with van der Waals surface area (Å²) >= 11 is 1.87. The molecule has 130 valence electrons. The molecule has 0 aliphatic carbocycles. The zero-order valence-corrected chi connectivity index (χ0v) is 15.3. The summed E-state index contributed by atoms with van der Waals surface area (Å²) in [6.07, 6.45) is 0. The number of fused-ring (bicyclic) bond motifs is 1. The van der Waals surface area contributed by atoms with Crippen molar-refractivity contribution in [3.63, 3.8) is 0 Å². The number of amides is 1. The summed E-state index contributed by atoms with van der Waals surface area (Å²) in [6.45, 7) is 7.14. The van der Waals surface area contributed by atoms with Gasteiger partial charge in [0.2, 0.25) is 0 Å². The minimum absolute atomic E-state index is 0.0121. The van der Waals surface area contributed by atoms with Gasteiger partial charge in [0.1, 0.15) is 11.5 Å². The molecule has 1 fully saturated rings. The lowest BCUT2D eigenvalue weighted by Gasteiger charge is -2.26. The second-order valence-corrected chi connectivity index (χ2v) is 7.46. The molecule has 25 heavy (non-hydrogen) atoms. The number of carbonyl (C=O) groups excluding carboxylic acids is 1. The smallest absolute Gasteiger partial charge is 0.259 e. The van der Waals surface area contributed by atoms with Crippen LogP contribution < -0.4 is 0 Å². The van der Waals surface area contributed by atoms with E-state index in [2.05, 4.69) is 10.1 Å². The van der Waals surface area contributed by atoms with Crippen molar-refractivity contribution in [3.05, 3.63) is 34.9 Å². The second-order valence-electron chi connectivity index (χ2n) is 6.23. The first-order chi connectivity index (χ1) is 12.0. The molecular formula is C18H19N3O3S. The number of aromatic nitrogens is 2. The molecule has 4 rings (SSSR count). The van der Waals surface area contributed by atoms with Crippen LogP contribution in [0.2, 0.25) is 0 Å². The summed E-state index contributed by atoms with van der Waals surface area (Å²) in [5.41, 5.74) is 3.22. The highest BCUT2D eigenvalue weighted by molar-refractivity contribution is 7.99. The Hall–Kier alpha value is -2.28. The van der Waals surface area contributed by atoms with Crippen molar-refractivity contribution in [1.29, 1.82) is 0 Å². The first kappa shape index (κ1) is 16.2. The van der Waals surface area contributed by atoms with Crippen LogP contribution in [-0.4, -0.2) is 45.5 Å². The van der Waals surface area contributed by atoms with Crippen molar-refractivity contribution in [2.24, 2.45) is 0 Å². The molecule has 1 aliphatic rings. The van der Waals surface area contributed by atoms with Crippen LogP contribution in [0.1, 0.15) is 27.6 Å². The number of pyridine rings is 1. The van der Waals surface area contributed by atoms with Crippen LogP contribution in [0.15, 0.2) is 21.1 Å². The van der Waals surface area contributed by atoms with Crippen molar-refractivity contribution < 1.29 is 13.7 Å². The van der Waals surface area contributed by atoms with Gasteiger partial charge in [-0.2, -0.15) is 11.8 Å². The average Bonchev–Trinajstić information content (AvgIpc) is 3.16. The quantitative estimate of drug-likeness (QED) is 0.698. The first-order valence-electron chi connectivity index (χ1n) is 8.26. The molecule has 0 N–H and O–H groups in total. The highest BCUT2D eigenvalue weighted by atomic mass is 32.2. The number of hydrogen-bond acceptors (Lipinski definition) is 6. The van der Waals surface area contributed by atoms with Gasteiger partial charge in [-0.3, -0.25) is 4.79 Å². The number of rotatable bonds is 2. The van der Waals surface area contributed by atoms with Gasteiger partial charge in [-0.05, 0) is 32.9 Å². The van der Waals surface area contributed by atoms with Crippen LogP contribution in [0.4, 0.5) is 0 Å². The van der Waals surface area contributed by atoms with Crippen LogP contribution in [0.5, 0.6) is 0 Å². The van der Waals surface area contributed by atoms with Gasteiger partial charge in [0.25, 0.3) is 11.6 Å². The maximum absolute atomic E-state index is 13.1. The van der Waals surface area contributed by atoms with Crippen molar-refractivity contribution >= 4 is 28.8 Å². The maximum Gasteiger partial charge on any atom is 0.259 e. The number of aryl methyl sites for hydroxylation is 3. The lowest BCUT2D eigenvalue weighted by molar-refractivity contribution is 0.0774. The summed E-state index contributed by atoms with van der Waals surface area (Å²) in [7, 11) is 0. The van der Waals surface area contributed by atoms with E-state index in [9.17, 15) is 4.79 Å². The predicted octanol–water partition coefficient (Wildman–Crippen LogP) is 3.60. The standard InChI is InChI=1S/C18H19N3O3S/c1-10-8-13(12(3)23-10)15-9-14(16-11(2)20-24-17(16)19-15)18(22)21-4-6-25-7-5-21/h8-9H,4-7H2,1-3H3. The Bertz CT molecular complexity index is 954. The Morgan fingerprint density at radius 2 is 1.96 bits per heavy atom. The van der Waals surface area contributed by atoms with Gasteiger partial charge in [-0.1, -0.05) is 5.16 Å². The van der Waals surface area contributed by atoms with Crippen molar-refractivity contribution in [2.75, 3.05) is 24.6 Å². The van der Waals surface area contributed by atoms with Gasteiger partial charge < -0.3 is 13.8 Å². The lowest BCUT2D eigenvalue weighted by atomic mass is 10.0. The second kappa shape index (κ2) is 6.22. The van der Waals surface area contributed by atoms with E-state index in [1.165, 1.54) is 0 Å². The zero-order chi connectivity index (χ0) is 17.6. The van der Waals surface area contributed by atoms with Gasteiger partial charge >= 0.3 is 0 Å². The molecule has 0 radical (unpaired) electrons. The van der Waals surface area contributed by atoms with E-state index in [-0.39, 0.29) is 5.91 Å². The van der Waals surface area contributed by atoms with Crippen LogP contribution in [0.3, 0.4) is 0 Å². The summed E-state index contributed by atoms with van der Waals surface area (Å²) in [5, 5.41) is 4.71. The predicted molar refractivity (Wildman–Crippen MR) is 96.9 cm³/mol. The molecule has 4 heterocycles. The minimum Gasteiger partial charge on any atom is -0.466 e. The van der Waals surface area contributed by atoms with E-state index in [1.54, 1.807) is 0 Å². The molecule has 1 amide bonds. The van der Waals surface area contributed by atoms with E-state index >= 15 is 0 Å². The fourth-order valence-corrected chi connectivity index (χ4v) is 4.13. The Morgan fingerprint density at radius 1 is 1.20 bits per heavy atom. The molecule has 0 unspecified atom stereocenters. The van der Waals surface area contributed by atoms with Gasteiger partial charge in [0, 0.05) is 30.2 Å². The van der Waals surface area contributed by atoms with E-state index in [4.69, 9.17) is 8.94 Å². The van der Waals surface area contributed by atoms with Crippen LogP contribution >= 0.6 is 11.8 Å². The maximum atomic E-state index is 13.1. The molecule has 1 saturated heterocycles. The summed E-state index contributed by atoms with van der Waals surface area (Å²) < 4.78 is 11.0. The van der Waals surface area contributed by atoms with Gasteiger partial charge in [0.05, 0.1) is 22.3 Å². The Morgan fingerprint density at radius 3 is 2.64 bits per heavy atom. The molecule has 0 bridgehead atoms. The Labute approximate surface area is 149 Å². The molecule has 1 aliphatic heterocycles. The summed E-state index contributed by atoms with van der Waals surface area (Å²) in [4.78, 5) is 19.6. The van der Waals surface area contributed by atoms with E-state index < -0.39 is 0 Å². The highest BCUT2D eigenvalue weighted by Crippen LogP contribution is 2.31. The van der Waals surface area contributed by atoms with Gasteiger partial charge in [-0.25, -0.2) is 4.98 Å². The van der Waals surface area contributed by atoms with Crippen LogP contribution in [0, 0.1) is 20.8 Å². The fraction of sp³-hybridized carbons (Fsp3) is 0.389. The summed E-state index contributed by atoms with van der Waals surface area (Å²) in [6, 6.07) is 3.77. The molecule has 6 nitrogen and oxygen atoms in total. The van der Waals surface area contributed by atoms with E-state index in [0.29, 0.717) is 28.1 Å². The third-order valence-electron chi connectivity index (χ3n) is 4.46. The number of thioether (sulfide) groups is 1. The van der Waals surface area contributed by atoms with Gasteiger partial charge in [0.15, 0.2) is 0 Å². The molecule has 3 aromatic rings. The third-order valence-corrected chi connectivity index (χ3v) is 5.41. The number of carbonyl (C=O) groups is 1. The topological polar surface area (TPSA) is 72.4 Å². The zero-order valence-electron chi connectivity index (χ0n) is 14.5. The first-order valence-corrected chi connectivity index (χ1v) is 9.41.